The van der Waals surface area contributed by atoms with E-state index < -0.39 is 0 Å². The molecule has 0 unspecified atom stereocenters. The molecule has 2 N–H and O–H groups in total. The summed E-state index contributed by atoms with van der Waals surface area (Å²) in [5, 5.41) is 7.02. The Morgan fingerprint density at radius 3 is 2.56 bits per heavy atom. The molecular weight excluding hydrogens is 404 g/mol. The average Bonchev–Trinajstić information content (AvgIpc) is 3.37. The number of nitrogens with one attached hydrogen (secondary N) is 2. The van der Waals surface area contributed by atoms with E-state index in [-0.39, 0.29) is 0 Å². The van der Waals surface area contributed by atoms with Crippen molar-refractivity contribution in [3.63, 3.8) is 0 Å². The monoisotopic (exact) mass is 440 g/mol. The summed E-state index contributed by atoms with van der Waals surface area (Å²) in [6.45, 7) is 9.40. The first-order chi connectivity index (χ1) is 15.9. The quantitative estimate of drug-likeness (QED) is 0.456. The van der Waals surface area contributed by atoms with Gasteiger partial charge in [0.15, 0.2) is 5.96 Å². The smallest absolute Gasteiger partial charge is 0.191 e. The topological polar surface area (TPSA) is 78.2 Å². The van der Waals surface area contributed by atoms with Crippen LogP contribution in [-0.4, -0.2) is 81.4 Å². The lowest BCUT2D eigenvalue weighted by molar-refractivity contribution is 0.0389. The van der Waals surface area contributed by atoms with Crippen molar-refractivity contribution in [3.8, 4) is 0 Å². The van der Waals surface area contributed by atoms with Crippen LogP contribution in [0.2, 0.25) is 0 Å². The number of hydrogen-bond donors (Lipinski definition) is 2. The Kier molecular flexibility index (Phi) is 8.80. The van der Waals surface area contributed by atoms with Crippen LogP contribution in [0.25, 0.3) is 0 Å². The minimum Gasteiger partial charge on any atom is -0.469 e. The number of rotatable bonds is 9. The number of hydrogen-bond acceptors (Lipinski definition) is 6. The fourth-order valence-corrected chi connectivity index (χ4v) is 4.24. The number of anilines is 1. The van der Waals surface area contributed by atoms with Crippen molar-refractivity contribution in [2.24, 2.45) is 10.9 Å². The molecule has 0 spiro atoms. The van der Waals surface area contributed by atoms with Crippen LogP contribution in [0, 0.1) is 5.92 Å². The van der Waals surface area contributed by atoms with Gasteiger partial charge in [-0.1, -0.05) is 0 Å². The van der Waals surface area contributed by atoms with Crippen LogP contribution in [0.15, 0.2) is 52.3 Å². The largest absolute Gasteiger partial charge is 0.469 e. The summed E-state index contributed by atoms with van der Waals surface area (Å²) in [6, 6.07) is 8.14. The Morgan fingerprint density at radius 1 is 1.03 bits per heavy atom. The minimum absolute atomic E-state index is 0.621. The van der Waals surface area contributed by atoms with Crippen LogP contribution in [0.1, 0.15) is 18.6 Å². The van der Waals surface area contributed by atoms with Gasteiger partial charge in [0, 0.05) is 76.9 Å². The van der Waals surface area contributed by atoms with E-state index >= 15 is 0 Å². The Bertz CT molecular complexity index is 784. The Hall–Kier alpha value is -2.58. The highest BCUT2D eigenvalue weighted by molar-refractivity contribution is 5.79. The molecule has 2 aromatic heterocycles. The number of aliphatic imine (C=N–C) groups is 1. The lowest BCUT2D eigenvalue weighted by atomic mass is 9.97. The minimum atomic E-state index is 0.621. The molecule has 2 fully saturated rings. The maximum Gasteiger partial charge on any atom is 0.191 e. The van der Waals surface area contributed by atoms with Crippen LogP contribution >= 0.6 is 0 Å². The van der Waals surface area contributed by atoms with Crippen LogP contribution in [0.5, 0.6) is 0 Å². The average molecular weight is 441 g/mol. The van der Waals surface area contributed by atoms with Gasteiger partial charge in [-0.25, -0.2) is 0 Å². The number of ether oxygens (including phenoxy) is 1. The standard InChI is InChI=1S/C24H36N6O2/c1-2-23(32-17-1)5-10-26-24(27-11-14-29-15-18-31-19-16-29)28-20-21-6-12-30(13-7-21)22-3-8-25-9-4-22/h1-4,8-9,17,21H,5-7,10-16,18-20H2,(H2,26,27,28). The molecule has 0 aromatic carbocycles. The highest BCUT2D eigenvalue weighted by atomic mass is 16.5. The maximum atomic E-state index is 5.45. The van der Waals surface area contributed by atoms with Crippen LogP contribution < -0.4 is 15.5 Å². The zero-order chi connectivity index (χ0) is 21.8. The summed E-state index contributed by atoms with van der Waals surface area (Å²) < 4.78 is 10.9. The predicted molar refractivity (Wildman–Crippen MR) is 127 cm³/mol. The number of piperidine rings is 1. The van der Waals surface area contributed by atoms with Crippen molar-refractivity contribution < 1.29 is 9.15 Å². The van der Waals surface area contributed by atoms with Crippen molar-refractivity contribution in [1.29, 1.82) is 0 Å². The molecule has 0 amide bonds. The summed E-state index contributed by atoms with van der Waals surface area (Å²) in [5.41, 5.74) is 1.27. The zero-order valence-corrected chi connectivity index (χ0v) is 18.9. The Balaban J connectivity index is 1.24. The second-order valence-electron chi connectivity index (χ2n) is 8.46. The van der Waals surface area contributed by atoms with Gasteiger partial charge >= 0.3 is 0 Å². The molecule has 32 heavy (non-hydrogen) atoms. The van der Waals surface area contributed by atoms with E-state index in [0.29, 0.717) is 5.92 Å². The Labute approximate surface area is 191 Å². The van der Waals surface area contributed by atoms with Crippen LogP contribution in [0.4, 0.5) is 5.69 Å². The molecule has 2 aromatic rings. The molecule has 0 atom stereocenters. The molecule has 2 aliphatic heterocycles. The third-order valence-corrected chi connectivity index (χ3v) is 6.22. The molecule has 0 saturated carbocycles. The number of guanidine groups is 1. The summed E-state index contributed by atoms with van der Waals surface area (Å²) >= 11 is 0. The van der Waals surface area contributed by atoms with Gasteiger partial charge in [0.05, 0.1) is 19.5 Å². The van der Waals surface area contributed by atoms with Crippen molar-refractivity contribution in [2.45, 2.75) is 19.3 Å². The molecule has 0 aliphatic carbocycles. The van der Waals surface area contributed by atoms with E-state index in [0.717, 1.165) is 83.7 Å². The van der Waals surface area contributed by atoms with Gasteiger partial charge in [-0.2, -0.15) is 0 Å². The molecular formula is C24H36N6O2. The van der Waals surface area contributed by atoms with Gasteiger partial charge in [-0.05, 0) is 43.0 Å². The van der Waals surface area contributed by atoms with E-state index in [2.05, 4.69) is 37.6 Å². The number of aromatic nitrogens is 1. The molecule has 2 saturated heterocycles. The second-order valence-corrected chi connectivity index (χ2v) is 8.46. The number of furan rings is 1. The molecule has 8 heteroatoms. The highest BCUT2D eigenvalue weighted by Gasteiger charge is 2.19. The number of nitrogens with zero attached hydrogens (tertiary/aromatic N) is 4. The van der Waals surface area contributed by atoms with E-state index in [1.807, 2.05) is 24.5 Å². The SMILES string of the molecule is c1coc(CCNC(=NCC2CCN(c3ccncc3)CC2)NCCN2CCOCC2)c1. The molecule has 0 bridgehead atoms. The summed E-state index contributed by atoms with van der Waals surface area (Å²) in [6.07, 6.45) is 8.65. The first-order valence-corrected chi connectivity index (χ1v) is 11.9. The first-order valence-electron chi connectivity index (χ1n) is 11.9. The Morgan fingerprint density at radius 2 is 1.81 bits per heavy atom. The normalized spacial score (nSPS) is 18.6. The van der Waals surface area contributed by atoms with Crippen LogP contribution in [0.3, 0.4) is 0 Å². The predicted octanol–water partition coefficient (Wildman–Crippen LogP) is 2.00. The zero-order valence-electron chi connectivity index (χ0n) is 18.9. The van der Waals surface area contributed by atoms with Gasteiger partial charge in [0.1, 0.15) is 5.76 Å². The van der Waals surface area contributed by atoms with Gasteiger partial charge < -0.3 is 24.7 Å². The van der Waals surface area contributed by atoms with Crippen LogP contribution in [-0.2, 0) is 11.2 Å². The molecule has 8 nitrogen and oxygen atoms in total. The third-order valence-electron chi connectivity index (χ3n) is 6.22. The molecule has 0 radical (unpaired) electrons. The van der Waals surface area contributed by atoms with Crippen molar-refractivity contribution >= 4 is 11.6 Å². The molecule has 174 valence electrons. The van der Waals surface area contributed by atoms with E-state index in [1.54, 1.807) is 6.26 Å². The van der Waals surface area contributed by atoms with Gasteiger partial charge in [-0.15, -0.1) is 0 Å². The van der Waals surface area contributed by atoms with E-state index in [1.165, 1.54) is 18.5 Å². The lowest BCUT2D eigenvalue weighted by Gasteiger charge is -2.33. The van der Waals surface area contributed by atoms with E-state index in [9.17, 15) is 0 Å². The molecule has 2 aliphatic rings. The third kappa shape index (κ3) is 7.24. The van der Waals surface area contributed by atoms with Gasteiger partial charge in [0.25, 0.3) is 0 Å². The fraction of sp³-hybridized carbons (Fsp3) is 0.583. The van der Waals surface area contributed by atoms with Gasteiger partial charge in [-0.3, -0.25) is 14.9 Å². The van der Waals surface area contributed by atoms with E-state index in [4.69, 9.17) is 14.1 Å². The van der Waals surface area contributed by atoms with Crippen molar-refractivity contribution in [2.75, 3.05) is 70.5 Å². The fourth-order valence-electron chi connectivity index (χ4n) is 4.24. The molecule has 4 heterocycles. The number of pyridine rings is 1. The van der Waals surface area contributed by atoms with Crippen molar-refractivity contribution in [1.82, 2.24) is 20.5 Å². The summed E-state index contributed by atoms with van der Waals surface area (Å²) in [7, 11) is 0. The first kappa shape index (κ1) is 22.6. The number of morpholine rings is 1. The highest BCUT2D eigenvalue weighted by Crippen LogP contribution is 2.22. The maximum absolute atomic E-state index is 5.45. The molecule has 4 rings (SSSR count). The lowest BCUT2D eigenvalue weighted by Crippen LogP contribution is -2.45. The van der Waals surface area contributed by atoms with Crippen molar-refractivity contribution in [3.05, 3.63) is 48.7 Å². The van der Waals surface area contributed by atoms with Gasteiger partial charge in [0.2, 0.25) is 0 Å². The second kappa shape index (κ2) is 12.5. The summed E-state index contributed by atoms with van der Waals surface area (Å²) in [4.78, 5) is 13.9. The summed E-state index contributed by atoms with van der Waals surface area (Å²) in [5.74, 6) is 2.52.